The Bertz CT molecular complexity index is 747. The summed E-state index contributed by atoms with van der Waals surface area (Å²) < 4.78 is 0. The highest BCUT2D eigenvalue weighted by molar-refractivity contribution is 7.16. The predicted molar refractivity (Wildman–Crippen MR) is 113 cm³/mol. The minimum absolute atomic E-state index is 0. The van der Waals surface area contributed by atoms with E-state index >= 15 is 0 Å². The van der Waals surface area contributed by atoms with Crippen molar-refractivity contribution < 1.29 is 4.79 Å². The molecule has 1 fully saturated rings. The number of carbonyl (C=O) groups excluding carboxylic acids is 1. The van der Waals surface area contributed by atoms with Gasteiger partial charge in [-0.05, 0) is 49.9 Å². The zero-order valence-electron chi connectivity index (χ0n) is 15.6. The van der Waals surface area contributed by atoms with Crippen LogP contribution in [0.3, 0.4) is 0 Å². The smallest absolute Gasteiger partial charge is 0.239 e. The second kappa shape index (κ2) is 9.00. The maximum atomic E-state index is 12.5. The molecule has 0 bridgehead atoms. The molecule has 142 valence electrons. The monoisotopic (exact) mass is 393 g/mol. The molecule has 3 N–H and O–H groups in total. The Hall–Kier alpha value is -1.40. The molecule has 4 nitrogen and oxygen atoms in total. The SMILES string of the molecule is Cc1sc(NC(=O)CN2C[C@@H](CN)[C@H](c3ccccc3)C2)c(C)c1C.Cl. The van der Waals surface area contributed by atoms with Crippen molar-refractivity contribution in [2.45, 2.75) is 26.7 Å². The van der Waals surface area contributed by atoms with E-state index in [1.54, 1.807) is 11.3 Å². The molecule has 2 aromatic rings. The van der Waals surface area contributed by atoms with Crippen molar-refractivity contribution in [2.75, 3.05) is 31.5 Å². The van der Waals surface area contributed by atoms with E-state index in [1.165, 1.54) is 21.6 Å². The number of thiophene rings is 1. The molecule has 1 aliphatic rings. The second-order valence-electron chi connectivity index (χ2n) is 6.99. The summed E-state index contributed by atoms with van der Waals surface area (Å²) >= 11 is 1.66. The average molecular weight is 394 g/mol. The average Bonchev–Trinajstić information content (AvgIpc) is 3.12. The van der Waals surface area contributed by atoms with Crippen molar-refractivity contribution in [1.29, 1.82) is 0 Å². The molecule has 6 heteroatoms. The number of hydrogen-bond acceptors (Lipinski definition) is 4. The molecule has 0 unspecified atom stereocenters. The Morgan fingerprint density at radius 1 is 1.19 bits per heavy atom. The first-order chi connectivity index (χ1) is 12.0. The Kier molecular flexibility index (Phi) is 7.24. The first-order valence-electron chi connectivity index (χ1n) is 8.83. The maximum Gasteiger partial charge on any atom is 0.239 e. The normalized spacial score (nSPS) is 20.0. The van der Waals surface area contributed by atoms with E-state index in [-0.39, 0.29) is 18.3 Å². The lowest BCUT2D eigenvalue weighted by Crippen LogP contribution is -2.32. The maximum absolute atomic E-state index is 12.5. The summed E-state index contributed by atoms with van der Waals surface area (Å²) in [5, 5.41) is 4.07. The Morgan fingerprint density at radius 3 is 2.46 bits per heavy atom. The number of halogens is 1. The highest BCUT2D eigenvalue weighted by Crippen LogP contribution is 2.33. The molecule has 1 amide bonds. The van der Waals surface area contributed by atoms with Crippen LogP contribution in [-0.2, 0) is 4.79 Å². The molecule has 0 saturated carbocycles. The fraction of sp³-hybridized carbons (Fsp3) is 0.450. The lowest BCUT2D eigenvalue weighted by atomic mass is 9.89. The quantitative estimate of drug-likeness (QED) is 0.814. The number of benzene rings is 1. The summed E-state index contributed by atoms with van der Waals surface area (Å²) in [5.41, 5.74) is 9.76. The fourth-order valence-corrected chi connectivity index (χ4v) is 4.72. The summed E-state index contributed by atoms with van der Waals surface area (Å²) in [6.45, 7) is 9.12. The highest BCUT2D eigenvalue weighted by Gasteiger charge is 2.33. The third kappa shape index (κ3) is 4.46. The summed E-state index contributed by atoms with van der Waals surface area (Å²) in [6, 6.07) is 10.5. The van der Waals surface area contributed by atoms with Gasteiger partial charge in [0.25, 0.3) is 0 Å². The number of rotatable bonds is 5. The molecule has 1 saturated heterocycles. The largest absolute Gasteiger partial charge is 0.330 e. The van der Waals surface area contributed by atoms with Gasteiger partial charge < -0.3 is 11.1 Å². The van der Waals surface area contributed by atoms with Gasteiger partial charge >= 0.3 is 0 Å². The zero-order valence-corrected chi connectivity index (χ0v) is 17.3. The van der Waals surface area contributed by atoms with Gasteiger partial charge in [-0.15, -0.1) is 23.7 Å². The third-order valence-electron chi connectivity index (χ3n) is 5.35. The van der Waals surface area contributed by atoms with Crippen molar-refractivity contribution >= 4 is 34.7 Å². The molecule has 1 aliphatic heterocycles. The van der Waals surface area contributed by atoms with E-state index in [0.717, 1.165) is 18.1 Å². The van der Waals surface area contributed by atoms with E-state index in [2.05, 4.69) is 55.3 Å². The number of aryl methyl sites for hydroxylation is 1. The molecular formula is C20H28ClN3OS. The highest BCUT2D eigenvalue weighted by atomic mass is 35.5. The molecule has 1 aromatic heterocycles. The predicted octanol–water partition coefficient (Wildman–Crippen LogP) is 3.71. The molecule has 2 heterocycles. The molecule has 0 spiro atoms. The van der Waals surface area contributed by atoms with Crippen LogP contribution < -0.4 is 11.1 Å². The van der Waals surface area contributed by atoms with Gasteiger partial charge in [-0.2, -0.15) is 0 Å². The van der Waals surface area contributed by atoms with Crippen LogP contribution in [0.1, 0.15) is 27.5 Å². The summed E-state index contributed by atoms with van der Waals surface area (Å²) in [7, 11) is 0. The fourth-order valence-electron chi connectivity index (χ4n) is 3.64. The number of hydrogen-bond donors (Lipinski definition) is 2. The number of nitrogens with two attached hydrogens (primary N) is 1. The number of nitrogens with one attached hydrogen (secondary N) is 1. The standard InChI is InChI=1S/C20H27N3OS.ClH/c1-13-14(2)20(25-15(13)3)22-19(24)12-23-10-17(9-21)18(11-23)16-7-5-4-6-8-16;/h4-8,17-18H,9-12,21H2,1-3H3,(H,22,24);1H/t17-,18+;/m1./s1. The van der Waals surface area contributed by atoms with Crippen LogP contribution in [0.25, 0.3) is 0 Å². The van der Waals surface area contributed by atoms with Crippen LogP contribution in [0, 0.1) is 26.7 Å². The number of anilines is 1. The summed E-state index contributed by atoms with van der Waals surface area (Å²) in [6.07, 6.45) is 0. The molecule has 1 aromatic carbocycles. The van der Waals surface area contributed by atoms with E-state index < -0.39 is 0 Å². The number of likely N-dealkylation sites (tertiary alicyclic amines) is 1. The summed E-state index contributed by atoms with van der Waals surface area (Å²) in [4.78, 5) is 16.0. The zero-order chi connectivity index (χ0) is 18.0. The molecule has 0 radical (unpaired) electrons. The van der Waals surface area contributed by atoms with Gasteiger partial charge in [0.05, 0.1) is 11.5 Å². The molecular weight excluding hydrogens is 366 g/mol. The van der Waals surface area contributed by atoms with Gasteiger partial charge in [-0.25, -0.2) is 0 Å². The van der Waals surface area contributed by atoms with Gasteiger partial charge in [0.1, 0.15) is 0 Å². The first-order valence-corrected chi connectivity index (χ1v) is 9.65. The van der Waals surface area contributed by atoms with Crippen molar-refractivity contribution in [3.8, 4) is 0 Å². The Labute approximate surface area is 166 Å². The lowest BCUT2D eigenvalue weighted by Gasteiger charge is -2.16. The van der Waals surface area contributed by atoms with Gasteiger partial charge in [0, 0.05) is 23.9 Å². The van der Waals surface area contributed by atoms with Crippen LogP contribution in [0.15, 0.2) is 30.3 Å². The lowest BCUT2D eigenvalue weighted by molar-refractivity contribution is -0.117. The van der Waals surface area contributed by atoms with Crippen molar-refractivity contribution in [1.82, 2.24) is 4.90 Å². The number of amides is 1. The third-order valence-corrected chi connectivity index (χ3v) is 6.58. The van der Waals surface area contributed by atoms with Crippen LogP contribution in [0.4, 0.5) is 5.00 Å². The van der Waals surface area contributed by atoms with E-state index in [0.29, 0.717) is 24.9 Å². The Balaban J connectivity index is 0.00000243. The number of nitrogens with zero attached hydrogens (tertiary/aromatic N) is 1. The van der Waals surface area contributed by atoms with Crippen molar-refractivity contribution in [3.63, 3.8) is 0 Å². The Morgan fingerprint density at radius 2 is 1.88 bits per heavy atom. The topological polar surface area (TPSA) is 58.4 Å². The molecule has 2 atom stereocenters. The van der Waals surface area contributed by atoms with Gasteiger partial charge in [-0.1, -0.05) is 30.3 Å². The van der Waals surface area contributed by atoms with Crippen LogP contribution in [-0.4, -0.2) is 37.0 Å². The van der Waals surface area contributed by atoms with E-state index in [1.807, 2.05) is 6.07 Å². The summed E-state index contributed by atoms with van der Waals surface area (Å²) in [5.74, 6) is 0.879. The van der Waals surface area contributed by atoms with Crippen molar-refractivity contribution in [2.24, 2.45) is 11.7 Å². The molecule has 0 aliphatic carbocycles. The van der Waals surface area contributed by atoms with Gasteiger partial charge in [0.2, 0.25) is 5.91 Å². The van der Waals surface area contributed by atoms with Crippen LogP contribution in [0.5, 0.6) is 0 Å². The minimum atomic E-state index is 0. The minimum Gasteiger partial charge on any atom is -0.330 e. The van der Waals surface area contributed by atoms with Crippen molar-refractivity contribution in [3.05, 3.63) is 51.9 Å². The number of carbonyl (C=O) groups is 1. The van der Waals surface area contributed by atoms with Crippen LogP contribution in [0.2, 0.25) is 0 Å². The second-order valence-corrected chi connectivity index (χ2v) is 8.22. The van der Waals surface area contributed by atoms with Gasteiger partial charge in [-0.3, -0.25) is 9.69 Å². The van der Waals surface area contributed by atoms with Gasteiger partial charge in [0.15, 0.2) is 0 Å². The molecule has 26 heavy (non-hydrogen) atoms. The molecule has 3 rings (SSSR count). The van der Waals surface area contributed by atoms with E-state index in [9.17, 15) is 4.79 Å². The van der Waals surface area contributed by atoms with Crippen LogP contribution >= 0.6 is 23.7 Å². The first kappa shape index (κ1) is 20.9. The van der Waals surface area contributed by atoms with E-state index in [4.69, 9.17) is 5.73 Å².